The van der Waals surface area contributed by atoms with Crippen molar-refractivity contribution in [3.8, 4) is 0 Å². The summed E-state index contributed by atoms with van der Waals surface area (Å²) < 4.78 is -0.747. The molecule has 1 atom stereocenters. The molecule has 0 saturated carbocycles. The molecule has 182 valence electrons. The number of nitrogens with one attached hydrogen (secondary N) is 3. The first kappa shape index (κ1) is 30.0. The van der Waals surface area contributed by atoms with Gasteiger partial charge in [-0.25, -0.2) is 0 Å². The lowest BCUT2D eigenvalue weighted by Crippen LogP contribution is -2.56. The Kier molecular flexibility index (Phi) is 16.3. The van der Waals surface area contributed by atoms with E-state index in [1.807, 2.05) is 24.3 Å². The summed E-state index contributed by atoms with van der Waals surface area (Å²) in [6.07, 6.45) is 13.0. The van der Waals surface area contributed by atoms with Crippen LogP contribution in [0.2, 0.25) is 0 Å². The highest BCUT2D eigenvalue weighted by Gasteiger charge is 2.34. The third kappa shape index (κ3) is 14.3. The first-order valence-corrected chi connectivity index (χ1v) is 14.0. The Labute approximate surface area is 227 Å². The van der Waals surface area contributed by atoms with Gasteiger partial charge in [-0.05, 0) is 53.4 Å². The average molecular weight is 635 g/mol. The van der Waals surface area contributed by atoms with Gasteiger partial charge in [0.25, 0.3) is 0 Å². The quantitative estimate of drug-likeness (QED) is 0.0600. The zero-order valence-electron chi connectivity index (χ0n) is 18.7. The molecule has 1 amide bonds. The van der Waals surface area contributed by atoms with Crippen LogP contribution in [0.3, 0.4) is 0 Å². The zero-order chi connectivity index (χ0) is 23.8. The Morgan fingerprint density at radius 2 is 1.47 bits per heavy atom. The van der Waals surface area contributed by atoms with Crippen LogP contribution in [0.25, 0.3) is 0 Å². The van der Waals surface area contributed by atoms with Gasteiger partial charge < -0.3 is 16.0 Å². The van der Waals surface area contributed by atoms with Crippen molar-refractivity contribution in [2.75, 3.05) is 5.32 Å². The molecule has 1 aromatic rings. The molecular weight excluding hydrogens is 600 g/mol. The van der Waals surface area contributed by atoms with Crippen LogP contribution in [0.1, 0.15) is 84.0 Å². The topological polar surface area (TPSA) is 53.2 Å². The largest absolute Gasteiger partial charge is 0.339 e. The number of alkyl halides is 3. The van der Waals surface area contributed by atoms with E-state index in [1.54, 1.807) is 0 Å². The zero-order valence-corrected chi connectivity index (χ0v) is 23.9. The lowest BCUT2D eigenvalue weighted by atomic mass is 10.1. The fraction of sp³-hybridized carbons (Fsp3) is 0.652. The third-order valence-electron chi connectivity index (χ3n) is 5.04. The molecule has 0 radical (unpaired) electrons. The van der Waals surface area contributed by atoms with Gasteiger partial charge in [0.05, 0.1) is 5.69 Å². The molecule has 0 bridgehead atoms. The highest BCUT2D eigenvalue weighted by molar-refractivity contribution is 14.1. The smallest absolute Gasteiger partial charge is 0.228 e. The van der Waals surface area contributed by atoms with Crippen LogP contribution in [-0.2, 0) is 4.79 Å². The molecule has 1 rings (SSSR count). The van der Waals surface area contributed by atoms with Gasteiger partial charge in [0, 0.05) is 9.99 Å². The SMILES string of the molecule is CCCCCCCCCCCCCC(=O)NC(NC(=S)Nc1ccccc1I)C(Cl)(Cl)Cl. The number of para-hydroxylation sites is 1. The van der Waals surface area contributed by atoms with Gasteiger partial charge in [0.1, 0.15) is 6.17 Å². The van der Waals surface area contributed by atoms with Crippen molar-refractivity contribution in [3.63, 3.8) is 0 Å². The van der Waals surface area contributed by atoms with Crippen LogP contribution in [0.15, 0.2) is 24.3 Å². The Morgan fingerprint density at radius 3 is 2.00 bits per heavy atom. The molecule has 0 aromatic heterocycles. The highest BCUT2D eigenvalue weighted by Crippen LogP contribution is 2.29. The predicted octanol–water partition coefficient (Wildman–Crippen LogP) is 8.09. The summed E-state index contributed by atoms with van der Waals surface area (Å²) in [7, 11) is 0. The Morgan fingerprint density at radius 1 is 0.938 bits per heavy atom. The van der Waals surface area contributed by atoms with Gasteiger partial charge in [-0.15, -0.1) is 0 Å². The van der Waals surface area contributed by atoms with E-state index in [2.05, 4.69) is 45.5 Å². The number of amides is 1. The normalized spacial score (nSPS) is 12.3. The Bertz CT molecular complexity index is 689. The van der Waals surface area contributed by atoms with Gasteiger partial charge in [-0.3, -0.25) is 4.79 Å². The lowest BCUT2D eigenvalue weighted by Gasteiger charge is -2.28. The third-order valence-corrected chi connectivity index (χ3v) is 6.85. The second-order valence-electron chi connectivity index (χ2n) is 7.91. The minimum absolute atomic E-state index is 0.165. The van der Waals surface area contributed by atoms with Gasteiger partial charge in [-0.2, -0.15) is 0 Å². The number of thiocarbonyl (C=S) groups is 1. The van der Waals surface area contributed by atoms with Crippen molar-refractivity contribution in [1.82, 2.24) is 10.6 Å². The minimum atomic E-state index is -1.75. The number of hydrogen-bond donors (Lipinski definition) is 3. The van der Waals surface area contributed by atoms with Crippen molar-refractivity contribution in [3.05, 3.63) is 27.8 Å². The maximum atomic E-state index is 12.4. The van der Waals surface area contributed by atoms with Crippen molar-refractivity contribution in [2.45, 2.75) is 93.9 Å². The van der Waals surface area contributed by atoms with E-state index in [0.29, 0.717) is 6.42 Å². The van der Waals surface area contributed by atoms with Crippen molar-refractivity contribution in [1.29, 1.82) is 0 Å². The fourth-order valence-electron chi connectivity index (χ4n) is 3.23. The van der Waals surface area contributed by atoms with Crippen LogP contribution in [-0.4, -0.2) is 21.0 Å². The van der Waals surface area contributed by atoms with Crippen molar-refractivity contribution < 1.29 is 4.79 Å². The van der Waals surface area contributed by atoms with E-state index in [-0.39, 0.29) is 11.0 Å². The second-order valence-corrected chi connectivity index (χ2v) is 11.8. The molecule has 32 heavy (non-hydrogen) atoms. The monoisotopic (exact) mass is 633 g/mol. The number of anilines is 1. The highest BCUT2D eigenvalue weighted by atomic mass is 127. The standard InChI is InChI=1S/C23H35Cl3IN3OS/c1-2-3-4-5-6-7-8-9-10-11-12-17-20(31)29-21(23(24,25)26)30-22(32)28-19-16-14-13-15-18(19)27/h13-16,21H,2-12,17H2,1H3,(H,29,31)(H2,28,30,32). The van der Waals surface area contributed by atoms with Gasteiger partial charge in [0.15, 0.2) is 5.11 Å². The number of carbonyl (C=O) groups is 1. The maximum absolute atomic E-state index is 12.4. The fourth-order valence-corrected chi connectivity index (χ4v) is 4.31. The first-order valence-electron chi connectivity index (χ1n) is 11.4. The van der Waals surface area contributed by atoms with Gasteiger partial charge in [0.2, 0.25) is 9.70 Å². The molecule has 0 fully saturated rings. The van der Waals surface area contributed by atoms with E-state index in [9.17, 15) is 4.79 Å². The summed E-state index contributed by atoms with van der Waals surface area (Å²) in [4.78, 5) is 12.4. The van der Waals surface area contributed by atoms with Crippen molar-refractivity contribution in [2.24, 2.45) is 0 Å². The molecular formula is C23H35Cl3IN3OS. The second kappa shape index (κ2) is 17.4. The van der Waals surface area contributed by atoms with Crippen LogP contribution in [0, 0.1) is 3.57 Å². The molecule has 0 aliphatic heterocycles. The number of benzene rings is 1. The summed E-state index contributed by atoms with van der Waals surface area (Å²) in [5.74, 6) is -0.165. The summed E-state index contributed by atoms with van der Waals surface area (Å²) in [6.45, 7) is 2.24. The maximum Gasteiger partial charge on any atom is 0.228 e. The Balaban J connectivity index is 2.27. The molecule has 0 heterocycles. The lowest BCUT2D eigenvalue weighted by molar-refractivity contribution is -0.122. The number of carbonyl (C=O) groups excluding carboxylic acids is 1. The van der Waals surface area contributed by atoms with Crippen LogP contribution in [0.4, 0.5) is 5.69 Å². The summed E-state index contributed by atoms with van der Waals surface area (Å²) >= 11 is 25.7. The van der Waals surface area contributed by atoms with Crippen LogP contribution >= 0.6 is 69.6 Å². The van der Waals surface area contributed by atoms with E-state index >= 15 is 0 Å². The summed E-state index contributed by atoms with van der Waals surface area (Å²) in [5.41, 5.74) is 0.834. The molecule has 0 aliphatic rings. The van der Waals surface area contributed by atoms with E-state index in [0.717, 1.165) is 28.5 Å². The number of hydrogen-bond acceptors (Lipinski definition) is 2. The van der Waals surface area contributed by atoms with Gasteiger partial charge in [-0.1, -0.05) is 118 Å². The molecule has 9 heteroatoms. The first-order chi connectivity index (χ1) is 15.2. The molecule has 0 saturated heterocycles. The molecule has 3 N–H and O–H groups in total. The number of rotatable bonds is 15. The molecule has 0 aliphatic carbocycles. The van der Waals surface area contributed by atoms with Crippen LogP contribution < -0.4 is 16.0 Å². The van der Waals surface area contributed by atoms with Crippen molar-refractivity contribution >= 4 is 86.3 Å². The minimum Gasteiger partial charge on any atom is -0.339 e. The average Bonchev–Trinajstić information content (AvgIpc) is 2.72. The van der Waals surface area contributed by atoms with E-state index in [4.69, 9.17) is 47.0 Å². The summed E-state index contributed by atoms with van der Waals surface area (Å²) in [6, 6.07) is 7.68. The molecule has 0 spiro atoms. The van der Waals surface area contributed by atoms with Gasteiger partial charge >= 0.3 is 0 Å². The predicted molar refractivity (Wildman–Crippen MR) is 152 cm³/mol. The number of halogens is 4. The number of unbranched alkanes of at least 4 members (excludes halogenated alkanes) is 10. The molecule has 1 unspecified atom stereocenters. The molecule has 4 nitrogen and oxygen atoms in total. The van der Waals surface area contributed by atoms with E-state index in [1.165, 1.54) is 51.4 Å². The Hall–Kier alpha value is -0.0200. The van der Waals surface area contributed by atoms with Crippen LogP contribution in [0.5, 0.6) is 0 Å². The summed E-state index contributed by atoms with van der Waals surface area (Å²) in [5, 5.41) is 8.97. The van der Waals surface area contributed by atoms with E-state index < -0.39 is 9.96 Å². The molecule has 1 aromatic carbocycles.